The van der Waals surface area contributed by atoms with Gasteiger partial charge in [0.1, 0.15) is 6.04 Å². The van der Waals surface area contributed by atoms with Gasteiger partial charge in [-0.05, 0) is 55.9 Å². The highest BCUT2D eigenvalue weighted by molar-refractivity contribution is 7.89. The fraction of sp³-hybridized carbons (Fsp3) is 0.600. The number of hydrogen-bond acceptors (Lipinski definition) is 5. The van der Waals surface area contributed by atoms with Gasteiger partial charge in [-0.1, -0.05) is 32.4 Å². The first-order valence-corrected chi connectivity index (χ1v) is 11.6. The molecule has 1 heterocycles. The molecule has 0 aromatic heterocycles. The number of nitrogens with zero attached hydrogens (tertiary/aromatic N) is 1. The molecule has 0 bridgehead atoms. The van der Waals surface area contributed by atoms with Gasteiger partial charge in [0.05, 0.1) is 4.90 Å². The molecule has 0 spiro atoms. The molecule has 1 fully saturated rings. The van der Waals surface area contributed by atoms with Gasteiger partial charge >= 0.3 is 5.97 Å². The third-order valence-electron chi connectivity index (χ3n) is 5.06. The number of amides is 1. The van der Waals surface area contributed by atoms with Gasteiger partial charge in [-0.2, -0.15) is 4.72 Å². The monoisotopic (exact) mass is 444 g/mol. The van der Waals surface area contributed by atoms with Crippen molar-refractivity contribution in [2.24, 2.45) is 11.8 Å². The highest BCUT2D eigenvalue weighted by Crippen LogP contribution is 2.19. The molecule has 2 atom stereocenters. The fourth-order valence-electron chi connectivity index (χ4n) is 3.09. The minimum absolute atomic E-state index is 0.00749. The molecule has 162 valence electrons. The summed E-state index contributed by atoms with van der Waals surface area (Å²) in [5.41, 5.74) is 0. The number of halogens is 1. The van der Waals surface area contributed by atoms with Crippen molar-refractivity contribution in [3.05, 3.63) is 29.3 Å². The van der Waals surface area contributed by atoms with E-state index < -0.39 is 28.1 Å². The predicted molar refractivity (Wildman–Crippen MR) is 111 cm³/mol. The molecule has 1 aliphatic heterocycles. The number of carbonyl (C=O) groups is 2. The Labute approximate surface area is 177 Å². The van der Waals surface area contributed by atoms with Crippen LogP contribution in [0, 0.1) is 11.8 Å². The number of piperidine rings is 1. The first kappa shape index (κ1) is 23.6. The number of nitrogens with one attached hydrogen (secondary N) is 1. The van der Waals surface area contributed by atoms with E-state index in [-0.39, 0.29) is 16.7 Å². The SMILES string of the molecule is CC1CCN(C(=O)[C@H](C)OC(=O)[C@@H](NS(=O)(=O)c2ccc(Cl)cc2)C(C)C)CC1. The number of benzene rings is 1. The molecular formula is C20H29ClN2O5S. The van der Waals surface area contributed by atoms with E-state index in [9.17, 15) is 18.0 Å². The molecule has 1 aromatic carbocycles. The van der Waals surface area contributed by atoms with Crippen LogP contribution < -0.4 is 4.72 Å². The summed E-state index contributed by atoms with van der Waals surface area (Å²) in [7, 11) is -3.95. The Hall–Kier alpha value is -1.64. The maximum atomic E-state index is 12.7. The molecule has 0 aliphatic carbocycles. The van der Waals surface area contributed by atoms with Crippen molar-refractivity contribution in [2.45, 2.75) is 57.6 Å². The summed E-state index contributed by atoms with van der Waals surface area (Å²) in [5.74, 6) is -0.829. The highest BCUT2D eigenvalue weighted by Gasteiger charge is 2.33. The molecule has 1 aliphatic rings. The third-order valence-corrected chi connectivity index (χ3v) is 6.77. The zero-order valence-corrected chi connectivity index (χ0v) is 18.8. The molecule has 29 heavy (non-hydrogen) atoms. The Morgan fingerprint density at radius 3 is 2.21 bits per heavy atom. The molecule has 1 aromatic rings. The number of ether oxygens (including phenoxy) is 1. The average Bonchev–Trinajstić information content (AvgIpc) is 2.66. The number of likely N-dealkylation sites (tertiary alicyclic amines) is 1. The highest BCUT2D eigenvalue weighted by atomic mass is 35.5. The maximum absolute atomic E-state index is 12.7. The lowest BCUT2D eigenvalue weighted by molar-refractivity contribution is -0.161. The summed E-state index contributed by atoms with van der Waals surface area (Å²) in [5, 5.41) is 0.406. The summed E-state index contributed by atoms with van der Waals surface area (Å²) in [4.78, 5) is 26.9. The first-order chi connectivity index (χ1) is 13.5. The van der Waals surface area contributed by atoms with E-state index >= 15 is 0 Å². The second-order valence-corrected chi connectivity index (χ2v) is 10.0. The van der Waals surface area contributed by atoms with E-state index in [1.54, 1.807) is 18.7 Å². The van der Waals surface area contributed by atoms with Gasteiger partial charge in [0.25, 0.3) is 5.91 Å². The second-order valence-electron chi connectivity index (χ2n) is 7.88. The van der Waals surface area contributed by atoms with Crippen LogP contribution in [0.15, 0.2) is 29.2 Å². The van der Waals surface area contributed by atoms with Crippen LogP contribution in [-0.2, 0) is 24.3 Å². The van der Waals surface area contributed by atoms with E-state index in [0.717, 1.165) is 12.8 Å². The average molecular weight is 445 g/mol. The van der Waals surface area contributed by atoms with Crippen LogP contribution in [0.4, 0.5) is 0 Å². The van der Waals surface area contributed by atoms with E-state index in [0.29, 0.717) is 24.0 Å². The fourth-order valence-corrected chi connectivity index (χ4v) is 4.55. The van der Waals surface area contributed by atoms with E-state index in [4.69, 9.17) is 16.3 Å². The van der Waals surface area contributed by atoms with E-state index in [1.807, 2.05) is 0 Å². The molecule has 1 N–H and O–H groups in total. The minimum Gasteiger partial charge on any atom is -0.451 e. The quantitative estimate of drug-likeness (QED) is 0.653. The number of rotatable bonds is 7. The van der Waals surface area contributed by atoms with Crippen LogP contribution in [0.5, 0.6) is 0 Å². The lowest BCUT2D eigenvalue weighted by Crippen LogP contribution is -2.49. The molecule has 0 unspecified atom stereocenters. The Morgan fingerprint density at radius 1 is 1.14 bits per heavy atom. The molecular weight excluding hydrogens is 416 g/mol. The summed E-state index contributed by atoms with van der Waals surface area (Å²) in [6.45, 7) is 8.34. The predicted octanol–water partition coefficient (Wildman–Crippen LogP) is 2.83. The Kier molecular flexibility index (Phi) is 8.08. The molecule has 7 nitrogen and oxygen atoms in total. The summed E-state index contributed by atoms with van der Waals surface area (Å²) in [6.07, 6.45) is 0.862. The van der Waals surface area contributed by atoms with Crippen LogP contribution in [0.25, 0.3) is 0 Å². The van der Waals surface area contributed by atoms with Gasteiger partial charge < -0.3 is 9.64 Å². The summed E-state index contributed by atoms with van der Waals surface area (Å²) < 4.78 is 33.0. The molecule has 0 saturated carbocycles. The number of carbonyl (C=O) groups excluding carboxylic acids is 2. The van der Waals surface area contributed by atoms with Gasteiger partial charge in [0.2, 0.25) is 10.0 Å². The normalized spacial score (nSPS) is 17.8. The van der Waals surface area contributed by atoms with Crippen molar-refractivity contribution in [3.63, 3.8) is 0 Å². The van der Waals surface area contributed by atoms with Gasteiger partial charge in [-0.25, -0.2) is 8.42 Å². The molecule has 0 radical (unpaired) electrons. The smallest absolute Gasteiger partial charge is 0.325 e. The zero-order valence-electron chi connectivity index (χ0n) is 17.2. The van der Waals surface area contributed by atoms with Crippen molar-refractivity contribution in [3.8, 4) is 0 Å². The summed E-state index contributed by atoms with van der Waals surface area (Å²) in [6, 6.07) is 4.51. The van der Waals surface area contributed by atoms with Crippen molar-refractivity contribution >= 4 is 33.5 Å². The standard InChI is InChI=1S/C20H29ClN2O5S/c1-13(2)18(22-29(26,27)17-7-5-16(21)6-8-17)20(25)28-15(4)19(24)23-11-9-14(3)10-12-23/h5-8,13-15,18,22H,9-12H2,1-4H3/t15-,18-/m0/s1. The van der Waals surface area contributed by atoms with Crippen LogP contribution in [0.1, 0.15) is 40.5 Å². The Bertz CT molecular complexity index is 818. The van der Waals surface area contributed by atoms with Gasteiger partial charge in [-0.15, -0.1) is 0 Å². The Morgan fingerprint density at radius 2 is 1.69 bits per heavy atom. The summed E-state index contributed by atoms with van der Waals surface area (Å²) >= 11 is 5.80. The van der Waals surface area contributed by atoms with Crippen LogP contribution in [0.3, 0.4) is 0 Å². The van der Waals surface area contributed by atoms with Crippen LogP contribution in [-0.4, -0.2) is 50.4 Å². The molecule has 1 saturated heterocycles. The zero-order chi connectivity index (χ0) is 21.8. The van der Waals surface area contributed by atoms with E-state index in [2.05, 4.69) is 11.6 Å². The van der Waals surface area contributed by atoms with Crippen LogP contribution in [0.2, 0.25) is 5.02 Å². The van der Waals surface area contributed by atoms with Crippen LogP contribution >= 0.6 is 11.6 Å². The topological polar surface area (TPSA) is 92.8 Å². The minimum atomic E-state index is -3.95. The van der Waals surface area contributed by atoms with Gasteiger partial charge in [0, 0.05) is 18.1 Å². The molecule has 9 heteroatoms. The molecule has 2 rings (SSSR count). The van der Waals surface area contributed by atoms with E-state index in [1.165, 1.54) is 31.2 Å². The third kappa shape index (κ3) is 6.42. The van der Waals surface area contributed by atoms with Gasteiger partial charge in [-0.3, -0.25) is 9.59 Å². The first-order valence-electron chi connectivity index (χ1n) is 9.78. The number of hydrogen-bond donors (Lipinski definition) is 1. The Balaban J connectivity index is 2.05. The van der Waals surface area contributed by atoms with Crippen molar-refractivity contribution in [1.29, 1.82) is 0 Å². The van der Waals surface area contributed by atoms with Gasteiger partial charge in [0.15, 0.2) is 6.10 Å². The maximum Gasteiger partial charge on any atom is 0.325 e. The van der Waals surface area contributed by atoms with Crippen molar-refractivity contribution in [2.75, 3.05) is 13.1 Å². The van der Waals surface area contributed by atoms with Crippen molar-refractivity contribution < 1.29 is 22.7 Å². The number of sulfonamides is 1. The molecule has 1 amide bonds. The lowest BCUT2D eigenvalue weighted by atomic mass is 9.99. The second kappa shape index (κ2) is 9.91. The van der Waals surface area contributed by atoms with Crippen molar-refractivity contribution in [1.82, 2.24) is 9.62 Å². The largest absolute Gasteiger partial charge is 0.451 e. The number of esters is 1. The lowest BCUT2D eigenvalue weighted by Gasteiger charge is -2.32.